The third-order valence-electron chi connectivity index (χ3n) is 1.68. The maximum atomic E-state index is 10.5. The zero-order chi connectivity index (χ0) is 10.4. The second-order valence-corrected chi connectivity index (χ2v) is 2.88. The number of pyridine rings is 1. The number of hydrogen-bond donors (Lipinski definition) is 2. The summed E-state index contributed by atoms with van der Waals surface area (Å²) in [6.45, 7) is 0.543. The van der Waals surface area contributed by atoms with Gasteiger partial charge in [-0.05, 0) is 17.7 Å². The number of nitrogens with two attached hydrogens (primary N) is 2. The van der Waals surface area contributed by atoms with Gasteiger partial charge >= 0.3 is 0 Å². The summed E-state index contributed by atoms with van der Waals surface area (Å²) in [7, 11) is 0. The highest BCUT2D eigenvalue weighted by Gasteiger charge is 2.08. The molecular weight excluding hydrogens is 182 g/mol. The summed E-state index contributed by atoms with van der Waals surface area (Å²) in [6, 6.07) is 2.92. The number of carbonyl (C=O) groups excluding carboxylic acids is 1. The molecule has 14 heavy (non-hydrogen) atoms. The molecule has 0 aromatic carbocycles. The van der Waals surface area contributed by atoms with Crippen LogP contribution in [-0.4, -0.2) is 23.5 Å². The van der Waals surface area contributed by atoms with Gasteiger partial charge < -0.3 is 16.2 Å². The van der Waals surface area contributed by atoms with E-state index >= 15 is 0 Å². The zero-order valence-corrected chi connectivity index (χ0v) is 7.72. The highest BCUT2D eigenvalue weighted by molar-refractivity contribution is 5.79. The Kier molecular flexibility index (Phi) is 4.03. The van der Waals surface area contributed by atoms with Gasteiger partial charge in [0.05, 0.1) is 13.2 Å². The van der Waals surface area contributed by atoms with Crippen LogP contribution in [0.5, 0.6) is 0 Å². The lowest BCUT2D eigenvalue weighted by molar-refractivity contribution is -0.120. The highest BCUT2D eigenvalue weighted by atomic mass is 16.5. The number of amides is 1. The van der Waals surface area contributed by atoms with Crippen LogP contribution in [0.15, 0.2) is 24.5 Å². The van der Waals surface area contributed by atoms with E-state index in [1.165, 1.54) is 0 Å². The van der Waals surface area contributed by atoms with Gasteiger partial charge in [-0.3, -0.25) is 9.78 Å². The van der Waals surface area contributed by atoms with Gasteiger partial charge in [0, 0.05) is 12.4 Å². The van der Waals surface area contributed by atoms with Crippen molar-refractivity contribution < 1.29 is 9.53 Å². The fraction of sp³-hybridized carbons (Fsp3) is 0.333. The summed E-state index contributed by atoms with van der Waals surface area (Å²) >= 11 is 0. The summed E-state index contributed by atoms with van der Waals surface area (Å²) < 4.78 is 5.19. The zero-order valence-electron chi connectivity index (χ0n) is 7.72. The Morgan fingerprint density at radius 3 is 2.71 bits per heavy atom. The molecule has 4 N–H and O–H groups in total. The van der Waals surface area contributed by atoms with Crippen LogP contribution in [0.25, 0.3) is 0 Å². The fourth-order valence-corrected chi connectivity index (χ4v) is 0.865. The molecule has 0 saturated carbocycles. The number of rotatable bonds is 5. The molecule has 5 nitrogen and oxygen atoms in total. The van der Waals surface area contributed by atoms with Gasteiger partial charge in [0.25, 0.3) is 0 Å². The molecule has 0 aliphatic rings. The minimum Gasteiger partial charge on any atom is -0.375 e. The van der Waals surface area contributed by atoms with Crippen molar-refractivity contribution in [2.24, 2.45) is 11.5 Å². The Morgan fingerprint density at radius 2 is 2.14 bits per heavy atom. The normalized spacial score (nSPS) is 12.4. The van der Waals surface area contributed by atoms with E-state index in [1.807, 2.05) is 12.1 Å². The largest absolute Gasteiger partial charge is 0.375 e. The number of ether oxygens (including phenoxy) is 1. The van der Waals surface area contributed by atoms with Gasteiger partial charge in [0.2, 0.25) is 5.91 Å². The van der Waals surface area contributed by atoms with Crippen LogP contribution in [-0.2, 0) is 16.1 Å². The number of hydrogen-bond acceptors (Lipinski definition) is 4. The van der Waals surface area contributed by atoms with Gasteiger partial charge in [0.15, 0.2) is 0 Å². The van der Waals surface area contributed by atoms with Crippen LogP contribution in [0.4, 0.5) is 0 Å². The van der Waals surface area contributed by atoms with Gasteiger partial charge in [0.1, 0.15) is 6.04 Å². The van der Waals surface area contributed by atoms with Gasteiger partial charge in [-0.15, -0.1) is 0 Å². The molecule has 1 unspecified atom stereocenters. The summed E-state index contributed by atoms with van der Waals surface area (Å²) in [5.41, 5.74) is 11.3. The van der Waals surface area contributed by atoms with Crippen LogP contribution in [0, 0.1) is 0 Å². The van der Waals surface area contributed by atoms with Crippen molar-refractivity contribution in [2.75, 3.05) is 6.61 Å². The number of aromatic nitrogens is 1. The summed E-state index contributed by atoms with van der Waals surface area (Å²) in [4.78, 5) is 14.4. The molecule has 1 amide bonds. The molecule has 1 atom stereocenters. The fourth-order valence-electron chi connectivity index (χ4n) is 0.865. The molecule has 0 spiro atoms. The monoisotopic (exact) mass is 195 g/mol. The molecule has 0 fully saturated rings. The number of primary amides is 1. The molecule has 1 aromatic rings. The maximum Gasteiger partial charge on any atom is 0.236 e. The van der Waals surface area contributed by atoms with E-state index in [4.69, 9.17) is 16.2 Å². The predicted octanol–water partition coefficient (Wildman–Crippen LogP) is -0.589. The average molecular weight is 195 g/mol. The van der Waals surface area contributed by atoms with Crippen LogP contribution in [0.1, 0.15) is 5.56 Å². The van der Waals surface area contributed by atoms with Crippen molar-refractivity contribution in [3.8, 4) is 0 Å². The molecule has 0 saturated heterocycles. The topological polar surface area (TPSA) is 91.2 Å². The Balaban J connectivity index is 2.26. The SMILES string of the molecule is NC(=O)C(N)COCc1ccncc1. The lowest BCUT2D eigenvalue weighted by atomic mass is 10.3. The van der Waals surface area contributed by atoms with E-state index in [-0.39, 0.29) is 6.61 Å². The van der Waals surface area contributed by atoms with Crippen LogP contribution in [0.3, 0.4) is 0 Å². The first-order chi connectivity index (χ1) is 6.70. The Hall–Kier alpha value is -1.46. The second-order valence-electron chi connectivity index (χ2n) is 2.88. The molecule has 1 heterocycles. The molecule has 1 aromatic heterocycles. The maximum absolute atomic E-state index is 10.5. The van der Waals surface area contributed by atoms with Crippen molar-refractivity contribution >= 4 is 5.91 Å². The molecule has 0 radical (unpaired) electrons. The minimum atomic E-state index is -0.739. The summed E-state index contributed by atoms with van der Waals surface area (Å²) in [5, 5.41) is 0. The van der Waals surface area contributed by atoms with Gasteiger partial charge in [-0.2, -0.15) is 0 Å². The van der Waals surface area contributed by atoms with Crippen molar-refractivity contribution in [1.29, 1.82) is 0 Å². The Bertz CT molecular complexity index is 289. The van der Waals surface area contributed by atoms with E-state index in [2.05, 4.69) is 4.98 Å². The molecule has 0 aliphatic heterocycles. The minimum absolute atomic E-state index is 0.137. The molecule has 5 heteroatoms. The first-order valence-corrected chi connectivity index (χ1v) is 4.21. The van der Waals surface area contributed by atoms with Crippen molar-refractivity contribution in [2.45, 2.75) is 12.6 Å². The number of nitrogens with zero attached hydrogens (tertiary/aromatic N) is 1. The average Bonchev–Trinajstić information content (AvgIpc) is 2.19. The Morgan fingerprint density at radius 1 is 1.50 bits per heavy atom. The standard InChI is InChI=1S/C9H13N3O2/c10-8(9(11)13)6-14-5-7-1-3-12-4-2-7/h1-4,8H,5-6,10H2,(H2,11,13). The van der Waals surface area contributed by atoms with Gasteiger partial charge in [-0.25, -0.2) is 0 Å². The van der Waals surface area contributed by atoms with E-state index in [9.17, 15) is 4.79 Å². The third-order valence-corrected chi connectivity index (χ3v) is 1.68. The highest BCUT2D eigenvalue weighted by Crippen LogP contribution is 1.98. The number of carbonyl (C=O) groups is 1. The summed E-state index contributed by atoms with van der Waals surface area (Å²) in [5.74, 6) is -0.556. The first kappa shape index (κ1) is 10.6. The first-order valence-electron chi connectivity index (χ1n) is 4.21. The molecule has 76 valence electrons. The molecule has 0 bridgehead atoms. The van der Waals surface area contributed by atoms with Gasteiger partial charge in [-0.1, -0.05) is 0 Å². The lowest BCUT2D eigenvalue weighted by Crippen LogP contribution is -2.40. The molecule has 0 aliphatic carbocycles. The quantitative estimate of drug-likeness (QED) is 0.657. The predicted molar refractivity (Wildman–Crippen MR) is 51.1 cm³/mol. The summed E-state index contributed by atoms with van der Waals surface area (Å²) in [6.07, 6.45) is 3.35. The molecular formula is C9H13N3O2. The van der Waals surface area contributed by atoms with Crippen molar-refractivity contribution in [3.63, 3.8) is 0 Å². The Labute approximate surface area is 82.1 Å². The van der Waals surface area contributed by atoms with E-state index < -0.39 is 11.9 Å². The van der Waals surface area contributed by atoms with E-state index in [0.717, 1.165) is 5.56 Å². The third kappa shape index (κ3) is 3.51. The smallest absolute Gasteiger partial charge is 0.236 e. The lowest BCUT2D eigenvalue weighted by Gasteiger charge is -2.07. The van der Waals surface area contributed by atoms with Crippen molar-refractivity contribution in [1.82, 2.24) is 4.98 Å². The van der Waals surface area contributed by atoms with Crippen LogP contribution < -0.4 is 11.5 Å². The van der Waals surface area contributed by atoms with Crippen LogP contribution >= 0.6 is 0 Å². The van der Waals surface area contributed by atoms with E-state index in [1.54, 1.807) is 12.4 Å². The van der Waals surface area contributed by atoms with Crippen molar-refractivity contribution in [3.05, 3.63) is 30.1 Å². The molecule has 1 rings (SSSR count). The van der Waals surface area contributed by atoms with Crippen LogP contribution in [0.2, 0.25) is 0 Å². The van der Waals surface area contributed by atoms with E-state index in [0.29, 0.717) is 6.61 Å². The second kappa shape index (κ2) is 5.31.